The summed E-state index contributed by atoms with van der Waals surface area (Å²) in [5.41, 5.74) is 2.36. The van der Waals surface area contributed by atoms with Crippen LogP contribution >= 0.6 is 0 Å². The van der Waals surface area contributed by atoms with Gasteiger partial charge in [0.1, 0.15) is 12.3 Å². The molecule has 146 valence electrons. The Balaban J connectivity index is 1.71. The minimum Gasteiger partial charge on any atom is -0.493 e. The summed E-state index contributed by atoms with van der Waals surface area (Å²) in [6.45, 7) is 0.772. The molecule has 29 heavy (non-hydrogen) atoms. The van der Waals surface area contributed by atoms with Gasteiger partial charge in [-0.1, -0.05) is 36.4 Å². The van der Waals surface area contributed by atoms with Crippen LogP contribution in [0.15, 0.2) is 66.7 Å². The Labute approximate surface area is 168 Å². The second-order valence-corrected chi connectivity index (χ2v) is 6.21. The fourth-order valence-electron chi connectivity index (χ4n) is 2.78. The Bertz CT molecular complexity index is 1050. The number of nitriles is 1. The fourth-order valence-corrected chi connectivity index (χ4v) is 2.78. The van der Waals surface area contributed by atoms with Crippen LogP contribution in [0.2, 0.25) is 0 Å². The Morgan fingerprint density at radius 1 is 1.03 bits per heavy atom. The van der Waals surface area contributed by atoms with Gasteiger partial charge in [0.15, 0.2) is 11.5 Å². The molecule has 0 spiro atoms. The van der Waals surface area contributed by atoms with Gasteiger partial charge in [-0.15, -0.1) is 0 Å². The smallest absolute Gasteiger partial charge is 0.293 e. The fraction of sp³-hybridized carbons (Fsp3) is 0.136. The van der Waals surface area contributed by atoms with Crippen molar-refractivity contribution < 1.29 is 14.4 Å². The number of benzene rings is 3. The van der Waals surface area contributed by atoms with E-state index in [-0.39, 0.29) is 11.3 Å². The zero-order chi connectivity index (χ0) is 20.6. The van der Waals surface area contributed by atoms with Crippen molar-refractivity contribution in [3.63, 3.8) is 0 Å². The minimum atomic E-state index is -0.510. The van der Waals surface area contributed by atoms with Gasteiger partial charge in [-0.3, -0.25) is 10.1 Å². The predicted molar refractivity (Wildman–Crippen MR) is 109 cm³/mol. The van der Waals surface area contributed by atoms with E-state index in [1.54, 1.807) is 7.11 Å². The molecule has 3 aromatic rings. The van der Waals surface area contributed by atoms with Gasteiger partial charge >= 0.3 is 0 Å². The van der Waals surface area contributed by atoms with Gasteiger partial charge in [-0.25, -0.2) is 0 Å². The van der Waals surface area contributed by atoms with Gasteiger partial charge in [0.25, 0.3) is 5.69 Å². The Hall–Kier alpha value is -4.05. The van der Waals surface area contributed by atoms with Crippen molar-refractivity contribution in [3.8, 4) is 17.6 Å². The molecule has 3 aromatic carbocycles. The number of nitro benzene ring substituents is 1. The number of methoxy groups -OCH3 is 1. The first-order chi connectivity index (χ1) is 14.1. The molecule has 0 radical (unpaired) electrons. The van der Waals surface area contributed by atoms with Crippen LogP contribution in [0.3, 0.4) is 0 Å². The maximum atomic E-state index is 11.3. The zero-order valence-electron chi connectivity index (χ0n) is 15.8. The van der Waals surface area contributed by atoms with Crippen molar-refractivity contribution in [3.05, 3.63) is 93.5 Å². The number of ether oxygens (including phenoxy) is 2. The van der Waals surface area contributed by atoms with Crippen molar-refractivity contribution in [1.82, 2.24) is 0 Å². The lowest BCUT2D eigenvalue weighted by atomic mass is 10.1. The highest BCUT2D eigenvalue weighted by Crippen LogP contribution is 2.30. The molecule has 0 aliphatic carbocycles. The van der Waals surface area contributed by atoms with E-state index in [2.05, 4.69) is 5.32 Å². The Morgan fingerprint density at radius 2 is 1.83 bits per heavy atom. The summed E-state index contributed by atoms with van der Waals surface area (Å²) in [7, 11) is 1.56. The van der Waals surface area contributed by atoms with E-state index < -0.39 is 4.92 Å². The highest BCUT2D eigenvalue weighted by atomic mass is 16.6. The molecule has 0 saturated heterocycles. The molecule has 0 unspecified atom stereocenters. The number of rotatable bonds is 8. The molecule has 0 aromatic heterocycles. The molecule has 0 bridgehead atoms. The van der Waals surface area contributed by atoms with Crippen molar-refractivity contribution >= 4 is 11.4 Å². The Kier molecular flexibility index (Phi) is 6.28. The first-order valence-electron chi connectivity index (χ1n) is 8.86. The molecular formula is C22H19N3O4. The SMILES string of the molecule is COc1cc(CNc2ccc(C#N)cc2[N+](=O)[O-])ccc1OCc1ccccc1. The highest BCUT2D eigenvalue weighted by molar-refractivity contribution is 5.64. The lowest BCUT2D eigenvalue weighted by Crippen LogP contribution is -2.04. The average Bonchev–Trinajstić information content (AvgIpc) is 2.77. The third-order valence-electron chi connectivity index (χ3n) is 4.27. The van der Waals surface area contributed by atoms with Gasteiger partial charge in [0, 0.05) is 12.6 Å². The van der Waals surface area contributed by atoms with E-state index in [0.29, 0.717) is 30.3 Å². The topological polar surface area (TPSA) is 97.4 Å². The van der Waals surface area contributed by atoms with Gasteiger partial charge in [0.05, 0.1) is 23.7 Å². The van der Waals surface area contributed by atoms with Crippen LogP contribution in [0, 0.1) is 21.4 Å². The standard InChI is InChI=1S/C22H19N3O4/c1-28-22-12-18(8-10-21(22)29-15-16-5-3-2-4-6-16)14-24-19-9-7-17(13-23)11-20(19)25(26)27/h2-12,24H,14-15H2,1H3. The highest BCUT2D eigenvalue weighted by Gasteiger charge is 2.15. The molecule has 0 heterocycles. The van der Waals surface area contributed by atoms with Crippen molar-refractivity contribution in [2.45, 2.75) is 13.2 Å². The predicted octanol–water partition coefficient (Wildman–Crippen LogP) is 4.67. The average molecular weight is 389 g/mol. The number of hydrogen-bond acceptors (Lipinski definition) is 6. The van der Waals surface area contributed by atoms with Crippen LogP contribution in [-0.4, -0.2) is 12.0 Å². The van der Waals surface area contributed by atoms with Gasteiger partial charge < -0.3 is 14.8 Å². The molecular weight excluding hydrogens is 370 g/mol. The van der Waals surface area contributed by atoms with Gasteiger partial charge in [0.2, 0.25) is 0 Å². The molecule has 0 aliphatic rings. The number of nitro groups is 1. The van der Waals surface area contributed by atoms with Gasteiger partial charge in [-0.05, 0) is 35.4 Å². The summed E-state index contributed by atoms with van der Waals surface area (Å²) < 4.78 is 11.3. The summed E-state index contributed by atoms with van der Waals surface area (Å²) >= 11 is 0. The van der Waals surface area contributed by atoms with E-state index in [1.807, 2.05) is 54.6 Å². The summed E-state index contributed by atoms with van der Waals surface area (Å²) in [5.74, 6) is 1.19. The van der Waals surface area contributed by atoms with E-state index in [1.165, 1.54) is 18.2 Å². The molecule has 0 saturated carbocycles. The van der Waals surface area contributed by atoms with E-state index in [0.717, 1.165) is 11.1 Å². The molecule has 0 fully saturated rings. The third-order valence-corrected chi connectivity index (χ3v) is 4.27. The van der Waals surface area contributed by atoms with Crippen LogP contribution < -0.4 is 14.8 Å². The largest absolute Gasteiger partial charge is 0.493 e. The summed E-state index contributed by atoms with van der Waals surface area (Å²) in [6.07, 6.45) is 0. The zero-order valence-corrected chi connectivity index (χ0v) is 15.8. The van der Waals surface area contributed by atoms with Crippen molar-refractivity contribution in [1.29, 1.82) is 5.26 Å². The quantitative estimate of drug-likeness (QED) is 0.444. The van der Waals surface area contributed by atoms with E-state index >= 15 is 0 Å². The molecule has 0 atom stereocenters. The minimum absolute atomic E-state index is 0.140. The van der Waals surface area contributed by atoms with Crippen LogP contribution in [-0.2, 0) is 13.2 Å². The molecule has 7 heteroatoms. The van der Waals surface area contributed by atoms with Crippen LogP contribution in [0.25, 0.3) is 0 Å². The molecule has 7 nitrogen and oxygen atoms in total. The molecule has 0 amide bonds. The van der Waals surface area contributed by atoms with Crippen LogP contribution in [0.1, 0.15) is 16.7 Å². The second kappa shape index (κ2) is 9.24. The third kappa shape index (κ3) is 5.02. The molecule has 3 rings (SSSR count). The molecule has 0 aliphatic heterocycles. The van der Waals surface area contributed by atoms with Crippen LogP contribution in [0.5, 0.6) is 11.5 Å². The second-order valence-electron chi connectivity index (χ2n) is 6.21. The first kappa shape index (κ1) is 19.7. The van der Waals surface area contributed by atoms with Gasteiger partial charge in [-0.2, -0.15) is 5.26 Å². The van der Waals surface area contributed by atoms with Crippen molar-refractivity contribution in [2.75, 3.05) is 12.4 Å². The first-order valence-corrected chi connectivity index (χ1v) is 8.86. The maximum absolute atomic E-state index is 11.3. The summed E-state index contributed by atoms with van der Waals surface area (Å²) in [5, 5.41) is 23.2. The van der Waals surface area contributed by atoms with Crippen molar-refractivity contribution in [2.24, 2.45) is 0 Å². The number of hydrogen-bond donors (Lipinski definition) is 1. The maximum Gasteiger partial charge on any atom is 0.293 e. The monoisotopic (exact) mass is 389 g/mol. The van der Waals surface area contributed by atoms with E-state index in [4.69, 9.17) is 14.7 Å². The van der Waals surface area contributed by atoms with E-state index in [9.17, 15) is 10.1 Å². The number of anilines is 1. The molecule has 1 N–H and O–H groups in total. The van der Waals surface area contributed by atoms with Crippen LogP contribution in [0.4, 0.5) is 11.4 Å². The number of nitrogens with one attached hydrogen (secondary N) is 1. The lowest BCUT2D eigenvalue weighted by molar-refractivity contribution is -0.384. The lowest BCUT2D eigenvalue weighted by Gasteiger charge is -2.13. The Morgan fingerprint density at radius 3 is 2.52 bits per heavy atom. The normalized spacial score (nSPS) is 10.1. The number of nitrogens with zero attached hydrogens (tertiary/aromatic N) is 2. The summed E-state index contributed by atoms with van der Waals surface area (Å²) in [6, 6.07) is 21.5. The summed E-state index contributed by atoms with van der Waals surface area (Å²) in [4.78, 5) is 10.7.